The smallest absolute Gasteiger partial charge is 0.243 e. The second-order valence-corrected chi connectivity index (χ2v) is 9.28. The highest BCUT2D eigenvalue weighted by Gasteiger charge is 2.36. The van der Waals surface area contributed by atoms with Gasteiger partial charge >= 0.3 is 0 Å². The van der Waals surface area contributed by atoms with Crippen molar-refractivity contribution in [1.82, 2.24) is 9.21 Å². The van der Waals surface area contributed by atoms with Crippen molar-refractivity contribution in [3.63, 3.8) is 0 Å². The molecule has 0 spiro atoms. The monoisotopic (exact) mass is 375 g/mol. The third-order valence-electron chi connectivity index (χ3n) is 5.61. The minimum Gasteiger partial charge on any atom is -0.338 e. The highest BCUT2D eigenvalue weighted by Crippen LogP contribution is 2.35. The van der Waals surface area contributed by atoms with Crippen LogP contribution in [0.5, 0.6) is 0 Å². The Hall–Kier alpha value is -1.91. The van der Waals surface area contributed by atoms with Crippen molar-refractivity contribution in [2.24, 2.45) is 5.92 Å². The van der Waals surface area contributed by atoms with Gasteiger partial charge in [0.1, 0.15) is 0 Å². The lowest BCUT2D eigenvalue weighted by atomic mass is 9.78. The molecule has 1 heterocycles. The summed E-state index contributed by atoms with van der Waals surface area (Å²) < 4.78 is 26.5. The summed E-state index contributed by atoms with van der Waals surface area (Å²) in [5, 5.41) is 8.84. The van der Waals surface area contributed by atoms with Gasteiger partial charge in [0.25, 0.3) is 0 Å². The van der Waals surface area contributed by atoms with E-state index in [4.69, 9.17) is 5.26 Å². The van der Waals surface area contributed by atoms with Gasteiger partial charge < -0.3 is 4.90 Å². The molecule has 1 aliphatic carbocycles. The molecule has 2 aliphatic rings. The van der Waals surface area contributed by atoms with Crippen LogP contribution in [0, 0.1) is 17.2 Å². The van der Waals surface area contributed by atoms with Crippen LogP contribution in [0.4, 0.5) is 0 Å². The highest BCUT2D eigenvalue weighted by atomic mass is 32.2. The summed E-state index contributed by atoms with van der Waals surface area (Å²) in [5.74, 6) is 0.461. The first kappa shape index (κ1) is 18.9. The molecule has 0 N–H and O–H groups in total. The maximum atomic E-state index is 12.8. The molecule has 3 rings (SSSR count). The molecule has 2 fully saturated rings. The number of likely N-dealkylation sites (N-methyl/N-ethyl adjacent to an activating group) is 1. The standard InChI is InChI=1S/C19H25N3O3S/c1-21(26(24,25)17-10-8-15(13-20)9-11-17)14-19(23)22-12-4-6-16-5-2-3-7-18(16)22/h8-11,16,18H,2-7,12,14H2,1H3/t16-,18-/m1/s1. The number of hydrogen-bond acceptors (Lipinski definition) is 4. The fraction of sp³-hybridized carbons (Fsp3) is 0.579. The van der Waals surface area contributed by atoms with Crippen molar-refractivity contribution in [2.75, 3.05) is 20.1 Å². The fourth-order valence-corrected chi connectivity index (χ4v) is 5.30. The van der Waals surface area contributed by atoms with Gasteiger partial charge in [-0.15, -0.1) is 0 Å². The van der Waals surface area contributed by atoms with Crippen LogP contribution in [-0.4, -0.2) is 49.7 Å². The number of hydrogen-bond donors (Lipinski definition) is 0. The maximum Gasteiger partial charge on any atom is 0.243 e. The number of rotatable bonds is 4. The number of carbonyl (C=O) groups excluding carboxylic acids is 1. The Labute approximate surface area is 155 Å². The third-order valence-corrected chi connectivity index (χ3v) is 7.43. The van der Waals surface area contributed by atoms with Gasteiger partial charge in [0.15, 0.2) is 0 Å². The van der Waals surface area contributed by atoms with E-state index in [0.29, 0.717) is 11.5 Å². The molecule has 1 aromatic rings. The van der Waals surface area contributed by atoms with E-state index < -0.39 is 10.0 Å². The molecule has 1 saturated heterocycles. The first-order valence-corrected chi connectivity index (χ1v) is 10.6. The quantitative estimate of drug-likeness (QED) is 0.809. The van der Waals surface area contributed by atoms with Crippen molar-refractivity contribution < 1.29 is 13.2 Å². The zero-order valence-electron chi connectivity index (χ0n) is 15.1. The lowest BCUT2D eigenvalue weighted by Crippen LogP contribution is -2.52. The maximum absolute atomic E-state index is 12.8. The van der Waals surface area contributed by atoms with Crippen molar-refractivity contribution >= 4 is 15.9 Å². The Morgan fingerprint density at radius 3 is 2.54 bits per heavy atom. The van der Waals surface area contributed by atoms with Gasteiger partial charge in [-0.25, -0.2) is 8.42 Å². The summed E-state index contributed by atoms with van der Waals surface area (Å²) in [6.07, 6.45) is 6.75. The Morgan fingerprint density at radius 1 is 1.19 bits per heavy atom. The van der Waals surface area contributed by atoms with Crippen LogP contribution < -0.4 is 0 Å². The molecule has 0 unspecified atom stereocenters. The van der Waals surface area contributed by atoms with E-state index in [1.54, 1.807) is 0 Å². The molecule has 140 valence electrons. The predicted molar refractivity (Wildman–Crippen MR) is 97.7 cm³/mol. The van der Waals surface area contributed by atoms with Crippen LogP contribution in [0.2, 0.25) is 0 Å². The summed E-state index contributed by atoms with van der Waals surface area (Å²) in [5.41, 5.74) is 0.402. The third kappa shape index (κ3) is 3.76. The second-order valence-electron chi connectivity index (χ2n) is 7.24. The van der Waals surface area contributed by atoms with E-state index in [9.17, 15) is 13.2 Å². The van der Waals surface area contributed by atoms with E-state index in [-0.39, 0.29) is 23.4 Å². The first-order valence-electron chi connectivity index (χ1n) is 9.19. The highest BCUT2D eigenvalue weighted by molar-refractivity contribution is 7.89. The van der Waals surface area contributed by atoms with Crippen molar-refractivity contribution in [3.05, 3.63) is 29.8 Å². The molecule has 1 saturated carbocycles. The SMILES string of the molecule is CN(CC(=O)N1CCC[C@H]2CCCC[C@H]21)S(=O)(=O)c1ccc(C#N)cc1. The summed E-state index contributed by atoms with van der Waals surface area (Å²) >= 11 is 0. The Morgan fingerprint density at radius 2 is 1.85 bits per heavy atom. The minimum atomic E-state index is -3.75. The van der Waals surface area contributed by atoms with E-state index in [1.807, 2.05) is 11.0 Å². The predicted octanol–water partition coefficient (Wildman–Crippen LogP) is 2.36. The van der Waals surface area contributed by atoms with Crippen LogP contribution in [-0.2, 0) is 14.8 Å². The Kier molecular flexibility index (Phi) is 5.64. The molecule has 2 atom stereocenters. The van der Waals surface area contributed by atoms with E-state index in [1.165, 1.54) is 50.6 Å². The van der Waals surface area contributed by atoms with Crippen molar-refractivity contribution in [2.45, 2.75) is 49.5 Å². The van der Waals surface area contributed by atoms with Gasteiger partial charge in [-0.05, 0) is 55.9 Å². The molecule has 7 heteroatoms. The molecular formula is C19H25N3O3S. The number of nitriles is 1. The van der Waals surface area contributed by atoms with Crippen LogP contribution in [0.25, 0.3) is 0 Å². The lowest BCUT2D eigenvalue weighted by molar-refractivity contribution is -0.137. The van der Waals surface area contributed by atoms with Gasteiger partial charge in [0.05, 0.1) is 23.1 Å². The number of nitrogens with zero attached hydrogens (tertiary/aromatic N) is 3. The van der Waals surface area contributed by atoms with Gasteiger partial charge in [0.2, 0.25) is 15.9 Å². The number of amides is 1. The minimum absolute atomic E-state index is 0.0981. The van der Waals surface area contributed by atoms with Crippen LogP contribution in [0.15, 0.2) is 29.2 Å². The number of sulfonamides is 1. The van der Waals surface area contributed by atoms with Crippen LogP contribution in [0.1, 0.15) is 44.1 Å². The van der Waals surface area contributed by atoms with Gasteiger partial charge in [0, 0.05) is 19.6 Å². The van der Waals surface area contributed by atoms with Gasteiger partial charge in [-0.2, -0.15) is 9.57 Å². The average Bonchev–Trinajstić information content (AvgIpc) is 2.67. The first-order chi connectivity index (χ1) is 12.4. The van der Waals surface area contributed by atoms with Gasteiger partial charge in [-0.1, -0.05) is 12.8 Å². The zero-order chi connectivity index (χ0) is 18.7. The summed E-state index contributed by atoms with van der Waals surface area (Å²) in [6, 6.07) is 8.00. The lowest BCUT2D eigenvalue weighted by Gasteiger charge is -2.44. The fourth-order valence-electron chi connectivity index (χ4n) is 4.18. The molecule has 1 aliphatic heterocycles. The molecule has 0 radical (unpaired) electrons. The number of benzene rings is 1. The number of fused-ring (bicyclic) bond motifs is 1. The van der Waals surface area contributed by atoms with Crippen LogP contribution in [0.3, 0.4) is 0 Å². The number of likely N-dealkylation sites (tertiary alicyclic amines) is 1. The number of carbonyl (C=O) groups is 1. The molecule has 0 aromatic heterocycles. The van der Waals surface area contributed by atoms with Gasteiger partial charge in [-0.3, -0.25) is 4.79 Å². The molecule has 0 bridgehead atoms. The van der Waals surface area contributed by atoms with E-state index >= 15 is 0 Å². The largest absolute Gasteiger partial charge is 0.338 e. The molecule has 6 nitrogen and oxygen atoms in total. The van der Waals surface area contributed by atoms with Crippen molar-refractivity contribution in [1.29, 1.82) is 5.26 Å². The second kappa shape index (κ2) is 7.77. The zero-order valence-corrected chi connectivity index (χ0v) is 15.9. The average molecular weight is 375 g/mol. The Balaban J connectivity index is 1.70. The molecule has 26 heavy (non-hydrogen) atoms. The molecule has 1 amide bonds. The summed E-state index contributed by atoms with van der Waals surface area (Å²) in [6.45, 7) is 0.580. The topological polar surface area (TPSA) is 81.5 Å². The van der Waals surface area contributed by atoms with E-state index in [2.05, 4.69) is 0 Å². The van der Waals surface area contributed by atoms with Crippen LogP contribution >= 0.6 is 0 Å². The Bertz CT molecular complexity index is 796. The molecule has 1 aromatic carbocycles. The summed E-state index contributed by atoms with van der Waals surface area (Å²) in [7, 11) is -2.31. The number of piperidine rings is 1. The summed E-state index contributed by atoms with van der Waals surface area (Å²) in [4.78, 5) is 14.8. The molecular weight excluding hydrogens is 350 g/mol. The van der Waals surface area contributed by atoms with Crippen molar-refractivity contribution in [3.8, 4) is 6.07 Å². The van der Waals surface area contributed by atoms with E-state index in [0.717, 1.165) is 30.1 Å². The normalized spacial score (nSPS) is 23.3.